The molecule has 2 atom stereocenters. The molecule has 1 saturated heterocycles. The number of nitrogens with zero attached hydrogens (tertiary/aromatic N) is 1. The monoisotopic (exact) mass is 326 g/mol. The highest BCUT2D eigenvalue weighted by atomic mass is 79.9. The summed E-state index contributed by atoms with van der Waals surface area (Å²) in [6.07, 6.45) is 1.07. The van der Waals surface area contributed by atoms with Gasteiger partial charge in [0, 0.05) is 23.1 Å². The fraction of sp³-hybridized carbons (Fsp3) is 0.600. The highest BCUT2D eigenvalue weighted by Crippen LogP contribution is 2.29. The first kappa shape index (κ1) is 15.0. The molecule has 2 rings (SSSR count). The minimum absolute atomic E-state index is 0.414. The lowest BCUT2D eigenvalue weighted by Crippen LogP contribution is -2.43. The molecule has 0 amide bonds. The van der Waals surface area contributed by atoms with Crippen LogP contribution < -0.4 is 5.32 Å². The van der Waals surface area contributed by atoms with Crippen LogP contribution >= 0.6 is 15.9 Å². The van der Waals surface area contributed by atoms with Gasteiger partial charge in [-0.1, -0.05) is 22.0 Å². The van der Waals surface area contributed by atoms with Gasteiger partial charge in [-0.2, -0.15) is 0 Å². The highest BCUT2D eigenvalue weighted by molar-refractivity contribution is 9.10. The van der Waals surface area contributed by atoms with Crippen LogP contribution in [0, 0.1) is 6.92 Å². The van der Waals surface area contributed by atoms with E-state index < -0.39 is 0 Å². The van der Waals surface area contributed by atoms with Crippen molar-refractivity contribution in [3.8, 4) is 0 Å². The van der Waals surface area contributed by atoms with Crippen LogP contribution in [0.3, 0.4) is 0 Å². The second kappa shape index (κ2) is 6.84. The first-order chi connectivity index (χ1) is 9.08. The standard InChI is InChI=1S/C15H23BrN2O/c1-11-4-5-12(16)8-14(11)15(18(2)3)9-13-10-19-7-6-17-13/h4-5,8,13,15,17H,6-7,9-10H2,1-3H3. The Bertz CT molecular complexity index is 417. The fourth-order valence-corrected chi connectivity index (χ4v) is 3.01. The maximum atomic E-state index is 5.56. The molecule has 0 aliphatic carbocycles. The number of hydrogen-bond donors (Lipinski definition) is 1. The zero-order chi connectivity index (χ0) is 13.8. The number of morpholine rings is 1. The van der Waals surface area contributed by atoms with Crippen molar-refractivity contribution in [3.63, 3.8) is 0 Å². The van der Waals surface area contributed by atoms with E-state index in [0.717, 1.165) is 30.7 Å². The van der Waals surface area contributed by atoms with E-state index in [1.807, 2.05) is 0 Å². The van der Waals surface area contributed by atoms with Crippen LogP contribution in [0.15, 0.2) is 22.7 Å². The van der Waals surface area contributed by atoms with Gasteiger partial charge in [-0.25, -0.2) is 0 Å². The highest BCUT2D eigenvalue weighted by Gasteiger charge is 2.23. The van der Waals surface area contributed by atoms with E-state index in [-0.39, 0.29) is 0 Å². The summed E-state index contributed by atoms with van der Waals surface area (Å²) >= 11 is 3.58. The number of nitrogens with one attached hydrogen (secondary N) is 1. The van der Waals surface area contributed by atoms with Crippen molar-refractivity contribution in [1.82, 2.24) is 10.2 Å². The topological polar surface area (TPSA) is 24.5 Å². The molecule has 1 heterocycles. The SMILES string of the molecule is Cc1ccc(Br)cc1C(CC1COCCN1)N(C)C. The molecule has 0 saturated carbocycles. The summed E-state index contributed by atoms with van der Waals surface area (Å²) in [6.45, 7) is 4.79. The summed E-state index contributed by atoms with van der Waals surface area (Å²) in [5.41, 5.74) is 2.74. The third kappa shape index (κ3) is 4.02. The lowest BCUT2D eigenvalue weighted by molar-refractivity contribution is 0.0647. The Labute approximate surface area is 124 Å². The van der Waals surface area contributed by atoms with Crippen LogP contribution in [0.25, 0.3) is 0 Å². The van der Waals surface area contributed by atoms with Gasteiger partial charge < -0.3 is 15.0 Å². The Morgan fingerprint density at radius 1 is 1.47 bits per heavy atom. The summed E-state index contributed by atoms with van der Waals surface area (Å²) in [7, 11) is 4.30. The van der Waals surface area contributed by atoms with Crippen LogP contribution in [0.5, 0.6) is 0 Å². The molecule has 3 nitrogen and oxygen atoms in total. The molecule has 1 aromatic rings. The number of benzene rings is 1. The Hall–Kier alpha value is -0.420. The number of hydrogen-bond acceptors (Lipinski definition) is 3. The Morgan fingerprint density at radius 3 is 2.89 bits per heavy atom. The lowest BCUT2D eigenvalue weighted by Gasteiger charge is -2.32. The summed E-state index contributed by atoms with van der Waals surface area (Å²) in [6, 6.07) is 7.38. The van der Waals surface area contributed by atoms with E-state index in [0.29, 0.717) is 12.1 Å². The van der Waals surface area contributed by atoms with Gasteiger partial charge in [-0.15, -0.1) is 0 Å². The predicted octanol–water partition coefficient (Wildman–Crippen LogP) is 2.74. The van der Waals surface area contributed by atoms with Crippen molar-refractivity contribution in [2.24, 2.45) is 0 Å². The van der Waals surface area contributed by atoms with Gasteiger partial charge in [0.2, 0.25) is 0 Å². The van der Waals surface area contributed by atoms with Crippen molar-refractivity contribution in [2.75, 3.05) is 33.9 Å². The zero-order valence-electron chi connectivity index (χ0n) is 11.9. The van der Waals surface area contributed by atoms with Crippen molar-refractivity contribution in [3.05, 3.63) is 33.8 Å². The third-order valence-corrected chi connectivity index (χ3v) is 4.22. The van der Waals surface area contributed by atoms with Gasteiger partial charge >= 0.3 is 0 Å². The van der Waals surface area contributed by atoms with E-state index in [2.05, 4.69) is 65.4 Å². The lowest BCUT2D eigenvalue weighted by atomic mass is 9.94. The zero-order valence-corrected chi connectivity index (χ0v) is 13.5. The quantitative estimate of drug-likeness (QED) is 0.920. The molecule has 0 radical (unpaired) electrons. The Morgan fingerprint density at radius 2 is 2.26 bits per heavy atom. The summed E-state index contributed by atoms with van der Waals surface area (Å²) < 4.78 is 6.71. The molecule has 1 aliphatic heterocycles. The van der Waals surface area contributed by atoms with E-state index in [9.17, 15) is 0 Å². The normalized spacial score (nSPS) is 21.6. The third-order valence-electron chi connectivity index (χ3n) is 3.73. The van der Waals surface area contributed by atoms with Gasteiger partial charge in [0.1, 0.15) is 0 Å². The number of aryl methyl sites for hydroxylation is 1. The average Bonchev–Trinajstić information content (AvgIpc) is 2.40. The number of ether oxygens (including phenoxy) is 1. The average molecular weight is 327 g/mol. The second-order valence-electron chi connectivity index (χ2n) is 5.44. The molecule has 2 unspecified atom stereocenters. The molecular formula is C15H23BrN2O. The predicted molar refractivity (Wildman–Crippen MR) is 82.5 cm³/mol. The molecule has 0 bridgehead atoms. The van der Waals surface area contributed by atoms with Crippen molar-refractivity contribution in [2.45, 2.75) is 25.4 Å². The van der Waals surface area contributed by atoms with Gasteiger partial charge in [-0.05, 0) is 50.7 Å². The molecule has 1 N–H and O–H groups in total. The molecule has 1 fully saturated rings. The molecule has 1 aromatic carbocycles. The molecule has 106 valence electrons. The van der Waals surface area contributed by atoms with Crippen molar-refractivity contribution < 1.29 is 4.74 Å². The first-order valence-electron chi connectivity index (χ1n) is 6.81. The van der Waals surface area contributed by atoms with Crippen molar-refractivity contribution in [1.29, 1.82) is 0 Å². The number of rotatable bonds is 4. The van der Waals surface area contributed by atoms with Crippen LogP contribution in [-0.4, -0.2) is 44.8 Å². The van der Waals surface area contributed by atoms with E-state index in [1.54, 1.807) is 0 Å². The van der Waals surface area contributed by atoms with Crippen LogP contribution in [0.2, 0.25) is 0 Å². The molecular weight excluding hydrogens is 304 g/mol. The van der Waals surface area contributed by atoms with E-state index in [1.165, 1.54) is 11.1 Å². The first-order valence-corrected chi connectivity index (χ1v) is 7.61. The molecule has 1 aliphatic rings. The Kier molecular flexibility index (Phi) is 5.39. The van der Waals surface area contributed by atoms with Crippen LogP contribution in [0.1, 0.15) is 23.6 Å². The smallest absolute Gasteiger partial charge is 0.0620 e. The van der Waals surface area contributed by atoms with Gasteiger partial charge in [-0.3, -0.25) is 0 Å². The second-order valence-corrected chi connectivity index (χ2v) is 6.36. The Balaban J connectivity index is 2.16. The van der Waals surface area contributed by atoms with Crippen molar-refractivity contribution >= 4 is 15.9 Å². The number of halogens is 1. The fourth-order valence-electron chi connectivity index (χ4n) is 2.63. The maximum absolute atomic E-state index is 5.56. The van der Waals surface area contributed by atoms with Crippen LogP contribution in [-0.2, 0) is 4.74 Å². The van der Waals surface area contributed by atoms with Gasteiger partial charge in [0.05, 0.1) is 13.2 Å². The maximum Gasteiger partial charge on any atom is 0.0620 e. The largest absolute Gasteiger partial charge is 0.379 e. The summed E-state index contributed by atoms with van der Waals surface area (Å²) in [5, 5.41) is 3.54. The van der Waals surface area contributed by atoms with Gasteiger partial charge in [0.25, 0.3) is 0 Å². The minimum atomic E-state index is 0.414. The molecule has 0 aromatic heterocycles. The minimum Gasteiger partial charge on any atom is -0.379 e. The van der Waals surface area contributed by atoms with Crippen LogP contribution in [0.4, 0.5) is 0 Å². The molecule has 4 heteroatoms. The molecule has 19 heavy (non-hydrogen) atoms. The van der Waals surface area contributed by atoms with E-state index in [4.69, 9.17) is 4.74 Å². The van der Waals surface area contributed by atoms with Gasteiger partial charge in [0.15, 0.2) is 0 Å². The van der Waals surface area contributed by atoms with E-state index >= 15 is 0 Å². The molecule has 0 spiro atoms. The summed E-state index contributed by atoms with van der Waals surface area (Å²) in [4.78, 5) is 2.30. The summed E-state index contributed by atoms with van der Waals surface area (Å²) in [5.74, 6) is 0.